The lowest BCUT2D eigenvalue weighted by Crippen LogP contribution is -2.09. The Morgan fingerprint density at radius 2 is 2.06 bits per heavy atom. The monoisotopic (exact) mass is 306 g/mol. The quantitative estimate of drug-likeness (QED) is 0.892. The van der Waals surface area contributed by atoms with Crippen LogP contribution in [0.2, 0.25) is 0 Å². The molecule has 2 aromatic rings. The molecule has 0 saturated heterocycles. The van der Waals surface area contributed by atoms with Gasteiger partial charge in [-0.25, -0.2) is 0 Å². The molecule has 3 rings (SSSR count). The van der Waals surface area contributed by atoms with Crippen molar-refractivity contribution >= 4 is 33.0 Å². The van der Waals surface area contributed by atoms with E-state index < -0.39 is 0 Å². The molecule has 1 aromatic heterocycles. The first-order valence-corrected chi connectivity index (χ1v) is 7.11. The lowest BCUT2D eigenvalue weighted by atomic mass is 10.0. The molecule has 1 aromatic carbocycles. The van der Waals surface area contributed by atoms with E-state index in [0.29, 0.717) is 6.04 Å². The van der Waals surface area contributed by atoms with Gasteiger partial charge in [0.1, 0.15) is 0 Å². The first kappa shape index (κ1) is 11.0. The summed E-state index contributed by atoms with van der Waals surface area (Å²) >= 11 is 5.19. The van der Waals surface area contributed by atoms with E-state index in [-0.39, 0.29) is 0 Å². The maximum absolute atomic E-state index is 4.42. The molecule has 1 N–H and O–H groups in total. The Labute approximate surface area is 113 Å². The number of rotatable bonds is 2. The molecule has 1 aliphatic heterocycles. The van der Waals surface area contributed by atoms with Gasteiger partial charge in [-0.3, -0.25) is 0 Å². The molecule has 1 atom stereocenters. The van der Waals surface area contributed by atoms with Gasteiger partial charge in [0.2, 0.25) is 0 Å². The Bertz CT molecular complexity index is 531. The molecule has 1 aliphatic rings. The molecule has 0 spiro atoms. The van der Waals surface area contributed by atoms with Gasteiger partial charge in [0.05, 0.1) is 16.6 Å². The van der Waals surface area contributed by atoms with Gasteiger partial charge in [-0.2, -0.15) is 5.10 Å². The van der Waals surface area contributed by atoms with E-state index in [0.717, 1.165) is 16.6 Å². The Kier molecular flexibility index (Phi) is 2.99. The molecular weight excluding hydrogens is 296 g/mol. The van der Waals surface area contributed by atoms with Gasteiger partial charge < -0.3 is 5.43 Å². The highest BCUT2D eigenvalue weighted by Crippen LogP contribution is 2.26. The summed E-state index contributed by atoms with van der Waals surface area (Å²) in [6.45, 7) is 0. The van der Waals surface area contributed by atoms with Crippen LogP contribution in [0.25, 0.3) is 0 Å². The number of nitrogens with zero attached hydrogens (tertiary/aromatic N) is 1. The third-order valence-electron chi connectivity index (χ3n) is 2.83. The largest absolute Gasteiger partial charge is 0.302 e. The molecule has 17 heavy (non-hydrogen) atoms. The minimum absolute atomic E-state index is 0.306. The highest BCUT2D eigenvalue weighted by atomic mass is 79.9. The Balaban J connectivity index is 1.76. The van der Waals surface area contributed by atoms with E-state index in [1.54, 1.807) is 11.3 Å². The second-order valence-electron chi connectivity index (χ2n) is 3.97. The van der Waals surface area contributed by atoms with Gasteiger partial charge in [-0.05, 0) is 29.1 Å². The van der Waals surface area contributed by atoms with Crippen LogP contribution in [-0.4, -0.2) is 5.71 Å². The first-order valence-electron chi connectivity index (χ1n) is 5.44. The van der Waals surface area contributed by atoms with Gasteiger partial charge in [-0.15, -0.1) is 11.3 Å². The van der Waals surface area contributed by atoms with Crippen molar-refractivity contribution in [2.45, 2.75) is 12.5 Å². The van der Waals surface area contributed by atoms with E-state index in [1.165, 1.54) is 10.4 Å². The van der Waals surface area contributed by atoms with Gasteiger partial charge in [-0.1, -0.05) is 34.1 Å². The predicted molar refractivity (Wildman–Crippen MR) is 75.5 cm³/mol. The number of nitrogens with one attached hydrogen (secondary N) is 1. The zero-order chi connectivity index (χ0) is 11.7. The van der Waals surface area contributed by atoms with Crippen molar-refractivity contribution in [1.29, 1.82) is 0 Å². The zero-order valence-electron chi connectivity index (χ0n) is 9.06. The maximum atomic E-state index is 4.42. The fraction of sp³-hybridized carbons (Fsp3) is 0.154. The Morgan fingerprint density at radius 3 is 2.76 bits per heavy atom. The maximum Gasteiger partial charge on any atom is 0.0799 e. The number of hydrogen-bond donors (Lipinski definition) is 1. The average Bonchev–Trinajstić information content (AvgIpc) is 3.00. The number of benzene rings is 1. The third kappa shape index (κ3) is 2.28. The molecule has 0 aliphatic carbocycles. The van der Waals surface area contributed by atoms with Crippen LogP contribution in [0.5, 0.6) is 0 Å². The standard InChI is InChI=1S/C13H11BrN2S/c14-10-5-3-9(4-6-10)11-8-12(16-15-11)13-2-1-7-17-13/h1-7,11,15H,8H2. The van der Waals surface area contributed by atoms with Crippen LogP contribution in [0.4, 0.5) is 0 Å². The van der Waals surface area contributed by atoms with Crippen molar-refractivity contribution in [2.75, 3.05) is 0 Å². The highest BCUT2D eigenvalue weighted by Gasteiger charge is 2.21. The van der Waals surface area contributed by atoms with Crippen LogP contribution in [0, 0.1) is 0 Å². The summed E-state index contributed by atoms with van der Waals surface area (Å²) in [5, 5.41) is 6.51. The minimum atomic E-state index is 0.306. The smallest absolute Gasteiger partial charge is 0.0799 e. The molecule has 0 saturated carbocycles. The topological polar surface area (TPSA) is 24.4 Å². The molecule has 4 heteroatoms. The molecule has 2 heterocycles. The molecule has 2 nitrogen and oxygen atoms in total. The second kappa shape index (κ2) is 4.63. The molecule has 0 bridgehead atoms. The van der Waals surface area contributed by atoms with Gasteiger partial charge in [0, 0.05) is 10.9 Å². The summed E-state index contributed by atoms with van der Waals surface area (Å²) in [7, 11) is 0. The first-order chi connectivity index (χ1) is 8.33. The zero-order valence-corrected chi connectivity index (χ0v) is 11.5. The predicted octanol–water partition coefficient (Wildman–Crippen LogP) is 3.95. The van der Waals surface area contributed by atoms with E-state index in [2.05, 4.69) is 68.2 Å². The number of hydrazone groups is 1. The SMILES string of the molecule is Brc1ccc(C2CC(c3cccs3)=NN2)cc1. The van der Waals surface area contributed by atoms with E-state index in [4.69, 9.17) is 0 Å². The minimum Gasteiger partial charge on any atom is -0.302 e. The van der Waals surface area contributed by atoms with Crippen LogP contribution in [-0.2, 0) is 0 Å². The van der Waals surface area contributed by atoms with Crippen molar-refractivity contribution in [3.63, 3.8) is 0 Å². The van der Waals surface area contributed by atoms with Crippen LogP contribution in [0.1, 0.15) is 22.9 Å². The highest BCUT2D eigenvalue weighted by molar-refractivity contribution is 9.10. The molecule has 1 unspecified atom stereocenters. The van der Waals surface area contributed by atoms with Crippen LogP contribution in [0.3, 0.4) is 0 Å². The van der Waals surface area contributed by atoms with E-state index in [1.807, 2.05) is 0 Å². The van der Waals surface area contributed by atoms with Gasteiger partial charge in [0.15, 0.2) is 0 Å². The summed E-state index contributed by atoms with van der Waals surface area (Å²) in [6.07, 6.45) is 0.960. The number of halogens is 1. The number of hydrogen-bond acceptors (Lipinski definition) is 3. The third-order valence-corrected chi connectivity index (χ3v) is 4.28. The van der Waals surface area contributed by atoms with Crippen LogP contribution >= 0.6 is 27.3 Å². The fourth-order valence-corrected chi connectivity index (χ4v) is 2.92. The van der Waals surface area contributed by atoms with E-state index >= 15 is 0 Å². The molecule has 86 valence electrons. The Hall–Kier alpha value is -1.13. The number of thiophene rings is 1. The van der Waals surface area contributed by atoms with Crippen molar-refractivity contribution in [2.24, 2.45) is 5.10 Å². The lowest BCUT2D eigenvalue weighted by molar-refractivity contribution is 0.620. The van der Waals surface area contributed by atoms with Gasteiger partial charge >= 0.3 is 0 Å². The summed E-state index contributed by atoms with van der Waals surface area (Å²) in [5.74, 6) is 0. The summed E-state index contributed by atoms with van der Waals surface area (Å²) in [5.41, 5.74) is 5.65. The van der Waals surface area contributed by atoms with Gasteiger partial charge in [0.25, 0.3) is 0 Å². The van der Waals surface area contributed by atoms with Crippen LogP contribution in [0.15, 0.2) is 51.4 Å². The van der Waals surface area contributed by atoms with Crippen molar-refractivity contribution in [3.8, 4) is 0 Å². The molecule has 0 fully saturated rings. The Morgan fingerprint density at radius 1 is 1.24 bits per heavy atom. The lowest BCUT2D eigenvalue weighted by Gasteiger charge is -2.09. The molecule has 0 amide bonds. The van der Waals surface area contributed by atoms with Crippen molar-refractivity contribution in [1.82, 2.24) is 5.43 Å². The van der Waals surface area contributed by atoms with E-state index in [9.17, 15) is 0 Å². The average molecular weight is 307 g/mol. The summed E-state index contributed by atoms with van der Waals surface area (Å²) in [6, 6.07) is 12.9. The van der Waals surface area contributed by atoms with Crippen LogP contribution < -0.4 is 5.43 Å². The second-order valence-corrected chi connectivity index (χ2v) is 5.84. The normalized spacial score (nSPS) is 18.9. The fourth-order valence-electron chi connectivity index (χ4n) is 1.93. The molecule has 0 radical (unpaired) electrons. The molecular formula is C13H11BrN2S. The summed E-state index contributed by atoms with van der Waals surface area (Å²) in [4.78, 5) is 1.26. The van der Waals surface area contributed by atoms with Crippen molar-refractivity contribution in [3.05, 3.63) is 56.7 Å². The summed E-state index contributed by atoms with van der Waals surface area (Å²) < 4.78 is 1.11. The van der Waals surface area contributed by atoms with Crippen molar-refractivity contribution < 1.29 is 0 Å².